The summed E-state index contributed by atoms with van der Waals surface area (Å²) in [4.78, 5) is 4.66. The molecule has 2 aromatic heterocycles. The summed E-state index contributed by atoms with van der Waals surface area (Å²) in [7, 11) is 0. The van der Waals surface area contributed by atoms with Gasteiger partial charge in [0.2, 0.25) is 0 Å². The minimum atomic E-state index is 0.105. The zero-order valence-corrected chi connectivity index (χ0v) is 13.3. The topological polar surface area (TPSA) is 55.6 Å². The van der Waals surface area contributed by atoms with E-state index in [0.717, 1.165) is 28.3 Å². The highest BCUT2D eigenvalue weighted by Gasteiger charge is 2.11. The zero-order valence-electron chi connectivity index (χ0n) is 12.5. The smallest absolute Gasteiger partial charge is 0.113 e. The van der Waals surface area contributed by atoms with Gasteiger partial charge in [-0.3, -0.25) is 0 Å². The van der Waals surface area contributed by atoms with Crippen LogP contribution in [0.4, 0.5) is 0 Å². The van der Waals surface area contributed by atoms with Gasteiger partial charge in [0, 0.05) is 17.5 Å². The van der Waals surface area contributed by atoms with Crippen LogP contribution < -0.4 is 5.32 Å². The van der Waals surface area contributed by atoms with Gasteiger partial charge in [0.1, 0.15) is 10.5 Å². The van der Waals surface area contributed by atoms with Crippen LogP contribution in [0.5, 0.6) is 0 Å². The molecule has 0 unspecified atom stereocenters. The summed E-state index contributed by atoms with van der Waals surface area (Å²) in [6, 6.07) is 7.98. The van der Waals surface area contributed by atoms with Crippen LogP contribution in [0.25, 0.3) is 11.0 Å². The number of hydrogen-bond donors (Lipinski definition) is 1. The van der Waals surface area contributed by atoms with Crippen LogP contribution in [0.3, 0.4) is 0 Å². The van der Waals surface area contributed by atoms with Crippen LogP contribution in [0, 0.1) is 0 Å². The second kappa shape index (κ2) is 5.54. The fourth-order valence-corrected chi connectivity index (χ4v) is 2.76. The lowest BCUT2D eigenvalue weighted by Crippen LogP contribution is -2.35. The molecule has 0 bridgehead atoms. The van der Waals surface area contributed by atoms with Crippen LogP contribution in [0.2, 0.25) is 0 Å². The minimum absolute atomic E-state index is 0.105. The zero-order chi connectivity index (χ0) is 14.9. The lowest BCUT2D eigenvalue weighted by molar-refractivity contribution is 0.423. The maximum absolute atomic E-state index is 4.66. The van der Waals surface area contributed by atoms with E-state index in [2.05, 4.69) is 46.8 Å². The molecule has 1 N–H and O–H groups in total. The van der Waals surface area contributed by atoms with Crippen molar-refractivity contribution in [3.05, 3.63) is 40.3 Å². The summed E-state index contributed by atoms with van der Waals surface area (Å²) in [6.45, 7) is 7.92. The molecular formula is C15H19N5S. The highest BCUT2D eigenvalue weighted by atomic mass is 32.1. The second-order valence-electron chi connectivity index (χ2n) is 6.07. The van der Waals surface area contributed by atoms with Crippen LogP contribution in [0.1, 0.15) is 31.5 Å². The molecule has 0 aliphatic carbocycles. The van der Waals surface area contributed by atoms with Gasteiger partial charge in [0.25, 0.3) is 0 Å². The van der Waals surface area contributed by atoms with Gasteiger partial charge in [-0.15, -0.1) is 16.4 Å². The first-order chi connectivity index (χ1) is 10.0. The molecule has 0 amide bonds. The van der Waals surface area contributed by atoms with E-state index >= 15 is 0 Å². The average Bonchev–Trinajstić information content (AvgIpc) is 3.04. The Kier molecular flexibility index (Phi) is 3.73. The van der Waals surface area contributed by atoms with Crippen LogP contribution in [-0.4, -0.2) is 25.5 Å². The van der Waals surface area contributed by atoms with Gasteiger partial charge in [0.15, 0.2) is 0 Å². The number of hydrogen-bond acceptors (Lipinski definition) is 5. The highest BCUT2D eigenvalue weighted by molar-refractivity contribution is 7.09. The summed E-state index contributed by atoms with van der Waals surface area (Å²) in [5.74, 6) is 0. The first-order valence-electron chi connectivity index (χ1n) is 6.98. The van der Waals surface area contributed by atoms with E-state index in [1.807, 2.05) is 28.9 Å². The predicted molar refractivity (Wildman–Crippen MR) is 85.3 cm³/mol. The molecule has 21 heavy (non-hydrogen) atoms. The number of para-hydroxylation sites is 1. The van der Waals surface area contributed by atoms with E-state index < -0.39 is 0 Å². The highest BCUT2D eigenvalue weighted by Crippen LogP contribution is 2.15. The van der Waals surface area contributed by atoms with E-state index in [0.29, 0.717) is 6.54 Å². The molecule has 0 aliphatic rings. The van der Waals surface area contributed by atoms with Gasteiger partial charge in [-0.05, 0) is 32.9 Å². The Morgan fingerprint density at radius 3 is 2.86 bits per heavy atom. The Hall–Kier alpha value is -1.79. The van der Waals surface area contributed by atoms with Crippen molar-refractivity contribution >= 4 is 22.4 Å². The fourth-order valence-electron chi connectivity index (χ4n) is 2.03. The molecule has 0 radical (unpaired) electrons. The molecule has 1 aromatic carbocycles. The molecule has 0 saturated carbocycles. The first kappa shape index (κ1) is 14.2. The Labute approximate surface area is 128 Å². The Balaban J connectivity index is 1.72. The molecule has 6 heteroatoms. The molecular weight excluding hydrogens is 282 g/mol. The molecule has 3 aromatic rings. The largest absolute Gasteiger partial charge is 0.306 e. The third-order valence-electron chi connectivity index (χ3n) is 3.10. The molecule has 0 spiro atoms. The quantitative estimate of drug-likeness (QED) is 0.805. The van der Waals surface area contributed by atoms with Crippen molar-refractivity contribution in [2.45, 2.75) is 39.4 Å². The number of fused-ring (bicyclic) bond motifs is 1. The monoisotopic (exact) mass is 301 g/mol. The molecule has 5 nitrogen and oxygen atoms in total. The molecule has 0 aliphatic heterocycles. The first-order valence-corrected chi connectivity index (χ1v) is 7.86. The summed E-state index contributed by atoms with van der Waals surface area (Å²) in [5.41, 5.74) is 3.09. The minimum Gasteiger partial charge on any atom is -0.306 e. The standard InChI is InChI=1S/C15H19N5S/c1-15(2,3)16-8-14-17-11(10-21-14)9-20-13-7-5-4-6-12(13)18-19-20/h4-7,10,16H,8-9H2,1-3H3. The normalized spacial score (nSPS) is 12.1. The van der Waals surface area contributed by atoms with E-state index in [9.17, 15) is 0 Å². The Morgan fingerprint density at radius 2 is 2.05 bits per heavy atom. The van der Waals surface area contributed by atoms with Crippen molar-refractivity contribution in [2.75, 3.05) is 0 Å². The number of rotatable bonds is 4. The number of thiazole rings is 1. The Morgan fingerprint density at radius 1 is 1.24 bits per heavy atom. The molecule has 3 rings (SSSR count). The van der Waals surface area contributed by atoms with E-state index in [4.69, 9.17) is 0 Å². The third kappa shape index (κ3) is 3.46. The summed E-state index contributed by atoms with van der Waals surface area (Å²) in [6.07, 6.45) is 0. The van der Waals surface area contributed by atoms with Gasteiger partial charge in [-0.2, -0.15) is 0 Å². The molecule has 110 valence electrons. The van der Waals surface area contributed by atoms with Crippen LogP contribution in [0.15, 0.2) is 29.6 Å². The maximum Gasteiger partial charge on any atom is 0.113 e. The van der Waals surface area contributed by atoms with Gasteiger partial charge in [-0.25, -0.2) is 9.67 Å². The molecule has 2 heterocycles. The van der Waals surface area contributed by atoms with Gasteiger partial charge < -0.3 is 5.32 Å². The van der Waals surface area contributed by atoms with E-state index in [1.165, 1.54) is 0 Å². The second-order valence-corrected chi connectivity index (χ2v) is 7.01. The summed E-state index contributed by atoms with van der Waals surface area (Å²) < 4.78 is 1.89. The van der Waals surface area contributed by atoms with Gasteiger partial charge in [0.05, 0.1) is 17.8 Å². The number of nitrogens with zero attached hydrogens (tertiary/aromatic N) is 4. The number of benzene rings is 1. The van der Waals surface area contributed by atoms with Crippen LogP contribution >= 0.6 is 11.3 Å². The van der Waals surface area contributed by atoms with Crippen molar-refractivity contribution in [1.29, 1.82) is 0 Å². The van der Waals surface area contributed by atoms with Gasteiger partial charge >= 0.3 is 0 Å². The molecule has 0 saturated heterocycles. The predicted octanol–water partition coefficient (Wildman–Crippen LogP) is 2.82. The average molecular weight is 301 g/mol. The molecule has 0 fully saturated rings. The summed E-state index contributed by atoms with van der Waals surface area (Å²) >= 11 is 1.68. The van der Waals surface area contributed by atoms with Gasteiger partial charge in [-0.1, -0.05) is 17.3 Å². The molecule has 0 atom stereocenters. The van der Waals surface area contributed by atoms with Crippen molar-refractivity contribution in [3.8, 4) is 0 Å². The summed E-state index contributed by atoms with van der Waals surface area (Å²) in [5, 5.41) is 15.0. The van der Waals surface area contributed by atoms with Crippen LogP contribution in [-0.2, 0) is 13.1 Å². The Bertz CT molecular complexity index is 738. The number of nitrogens with one attached hydrogen (secondary N) is 1. The maximum atomic E-state index is 4.66. The van der Waals surface area contributed by atoms with E-state index in [1.54, 1.807) is 11.3 Å². The lowest BCUT2D eigenvalue weighted by Gasteiger charge is -2.19. The van der Waals surface area contributed by atoms with Crippen molar-refractivity contribution in [2.24, 2.45) is 0 Å². The van der Waals surface area contributed by atoms with Crippen molar-refractivity contribution in [3.63, 3.8) is 0 Å². The number of aromatic nitrogens is 4. The third-order valence-corrected chi connectivity index (χ3v) is 4.00. The lowest BCUT2D eigenvalue weighted by atomic mass is 10.1. The van der Waals surface area contributed by atoms with Crippen molar-refractivity contribution in [1.82, 2.24) is 25.3 Å². The fraction of sp³-hybridized carbons (Fsp3) is 0.400. The van der Waals surface area contributed by atoms with E-state index in [-0.39, 0.29) is 5.54 Å². The SMILES string of the molecule is CC(C)(C)NCc1nc(Cn2nnc3ccccc32)cs1. The van der Waals surface area contributed by atoms with Crippen molar-refractivity contribution < 1.29 is 0 Å².